The van der Waals surface area contributed by atoms with Crippen molar-refractivity contribution < 1.29 is 24.2 Å². The van der Waals surface area contributed by atoms with Crippen LogP contribution in [-0.2, 0) is 22.6 Å². The molecule has 0 bridgehead atoms. The second kappa shape index (κ2) is 8.73. The number of rotatable bonds is 8. The van der Waals surface area contributed by atoms with Gasteiger partial charge < -0.3 is 19.5 Å². The van der Waals surface area contributed by atoms with Crippen molar-refractivity contribution in [1.29, 1.82) is 0 Å². The number of aliphatic carboxylic acids is 1. The third-order valence-corrected chi connectivity index (χ3v) is 3.67. The maximum atomic E-state index is 12.4. The number of benzene rings is 2. The number of hydrogen-bond donors (Lipinski definition) is 1. The summed E-state index contributed by atoms with van der Waals surface area (Å²) in [5.74, 6) is 0.139. The summed E-state index contributed by atoms with van der Waals surface area (Å²) in [6.07, 6.45) is 0.264. The number of carboxylic acids is 1. The molecule has 0 saturated carbocycles. The molecule has 6 nitrogen and oxygen atoms in total. The highest BCUT2D eigenvalue weighted by atomic mass is 16.5. The van der Waals surface area contributed by atoms with E-state index in [4.69, 9.17) is 14.6 Å². The summed E-state index contributed by atoms with van der Waals surface area (Å²) in [7, 11) is 3.33. The van der Waals surface area contributed by atoms with E-state index in [1.54, 1.807) is 31.2 Å². The number of methoxy groups -OCH3 is 1. The van der Waals surface area contributed by atoms with Crippen molar-refractivity contribution in [3.8, 4) is 11.5 Å². The van der Waals surface area contributed by atoms with Crippen LogP contribution in [-0.4, -0.2) is 42.6 Å². The van der Waals surface area contributed by atoms with Crippen molar-refractivity contribution in [3.63, 3.8) is 0 Å². The van der Waals surface area contributed by atoms with E-state index in [1.165, 1.54) is 0 Å². The molecule has 132 valence electrons. The van der Waals surface area contributed by atoms with Gasteiger partial charge in [-0.25, -0.2) is 4.79 Å². The number of hydrogen-bond acceptors (Lipinski definition) is 4. The number of carbonyl (C=O) groups excluding carboxylic acids is 1. The topological polar surface area (TPSA) is 76.1 Å². The highest BCUT2D eigenvalue weighted by Crippen LogP contribution is 2.19. The van der Waals surface area contributed by atoms with E-state index >= 15 is 0 Å². The molecule has 0 heterocycles. The monoisotopic (exact) mass is 343 g/mol. The molecule has 2 aromatic carbocycles. The summed E-state index contributed by atoms with van der Waals surface area (Å²) in [5.41, 5.74) is 1.78. The summed E-state index contributed by atoms with van der Waals surface area (Å²) in [4.78, 5) is 24.5. The molecule has 0 aliphatic heterocycles. The Balaban J connectivity index is 1.93. The third kappa shape index (κ3) is 5.53. The zero-order valence-electron chi connectivity index (χ0n) is 14.3. The largest absolute Gasteiger partial charge is 0.496 e. The maximum absolute atomic E-state index is 12.4. The van der Waals surface area contributed by atoms with Gasteiger partial charge in [0.2, 0.25) is 5.91 Å². The minimum atomic E-state index is -1.02. The van der Waals surface area contributed by atoms with Crippen LogP contribution in [0.25, 0.3) is 0 Å². The first-order valence-corrected chi connectivity index (χ1v) is 7.79. The van der Waals surface area contributed by atoms with Gasteiger partial charge in [0.15, 0.2) is 6.61 Å². The molecular formula is C19H21NO5. The Morgan fingerprint density at radius 3 is 2.40 bits per heavy atom. The van der Waals surface area contributed by atoms with Crippen LogP contribution in [0.4, 0.5) is 0 Å². The van der Waals surface area contributed by atoms with Crippen LogP contribution in [0.15, 0.2) is 48.5 Å². The SMILES string of the molecule is COc1ccccc1CC(=O)N(C)Cc1ccc(OCC(=O)O)cc1. The molecule has 6 heteroatoms. The van der Waals surface area contributed by atoms with Crippen molar-refractivity contribution in [2.45, 2.75) is 13.0 Å². The fourth-order valence-corrected chi connectivity index (χ4v) is 2.35. The van der Waals surface area contributed by atoms with E-state index in [1.807, 2.05) is 36.4 Å². The van der Waals surface area contributed by atoms with Gasteiger partial charge in [0.05, 0.1) is 13.5 Å². The van der Waals surface area contributed by atoms with E-state index in [0.29, 0.717) is 18.0 Å². The van der Waals surface area contributed by atoms with Gasteiger partial charge in [0, 0.05) is 19.2 Å². The average Bonchev–Trinajstić information content (AvgIpc) is 2.61. The minimum absolute atomic E-state index is 0.0179. The maximum Gasteiger partial charge on any atom is 0.341 e. The Hall–Kier alpha value is -3.02. The van der Waals surface area contributed by atoms with Gasteiger partial charge in [0.25, 0.3) is 0 Å². The standard InChI is InChI=1S/C19H21NO5/c1-20(18(21)11-15-5-3-4-6-17(15)24-2)12-14-7-9-16(10-8-14)25-13-19(22)23/h3-10H,11-13H2,1-2H3,(H,22,23). The molecule has 0 fully saturated rings. The lowest BCUT2D eigenvalue weighted by Gasteiger charge is -2.18. The predicted molar refractivity (Wildman–Crippen MR) is 92.7 cm³/mol. The number of ether oxygens (including phenoxy) is 2. The molecule has 0 aliphatic rings. The number of carbonyl (C=O) groups is 2. The summed E-state index contributed by atoms with van der Waals surface area (Å²) >= 11 is 0. The normalized spacial score (nSPS) is 10.2. The molecule has 0 unspecified atom stereocenters. The molecule has 0 aromatic heterocycles. The fourth-order valence-electron chi connectivity index (χ4n) is 2.35. The number of nitrogens with zero attached hydrogens (tertiary/aromatic N) is 1. The second-order valence-corrected chi connectivity index (χ2v) is 5.56. The first kappa shape index (κ1) is 18.3. The zero-order chi connectivity index (χ0) is 18.2. The van der Waals surface area contributed by atoms with E-state index in [2.05, 4.69) is 0 Å². The summed E-state index contributed by atoms with van der Waals surface area (Å²) in [6, 6.07) is 14.4. The van der Waals surface area contributed by atoms with Gasteiger partial charge in [-0.05, 0) is 23.8 Å². The lowest BCUT2D eigenvalue weighted by molar-refractivity contribution is -0.139. The molecule has 0 saturated heterocycles. The van der Waals surface area contributed by atoms with E-state index in [-0.39, 0.29) is 18.9 Å². The quantitative estimate of drug-likeness (QED) is 0.796. The Morgan fingerprint density at radius 1 is 1.08 bits per heavy atom. The van der Waals surface area contributed by atoms with Crippen LogP contribution in [0.1, 0.15) is 11.1 Å². The van der Waals surface area contributed by atoms with Crippen LogP contribution in [0.3, 0.4) is 0 Å². The molecule has 0 aliphatic carbocycles. The summed E-state index contributed by atoms with van der Waals surface area (Å²) in [6.45, 7) is 0.0733. The molecule has 1 amide bonds. The minimum Gasteiger partial charge on any atom is -0.496 e. The Bertz CT molecular complexity index is 727. The van der Waals surface area contributed by atoms with E-state index in [0.717, 1.165) is 11.1 Å². The van der Waals surface area contributed by atoms with Crippen LogP contribution >= 0.6 is 0 Å². The highest BCUT2D eigenvalue weighted by molar-refractivity contribution is 5.79. The Morgan fingerprint density at radius 2 is 1.76 bits per heavy atom. The molecule has 25 heavy (non-hydrogen) atoms. The molecule has 0 atom stereocenters. The van der Waals surface area contributed by atoms with Gasteiger partial charge in [-0.15, -0.1) is 0 Å². The molecule has 2 aromatic rings. The van der Waals surface area contributed by atoms with Crippen LogP contribution in [0.5, 0.6) is 11.5 Å². The Labute approximate surface area is 146 Å². The fraction of sp³-hybridized carbons (Fsp3) is 0.263. The molecule has 1 N–H and O–H groups in total. The van der Waals surface area contributed by atoms with E-state index < -0.39 is 5.97 Å². The zero-order valence-corrected chi connectivity index (χ0v) is 14.3. The lowest BCUT2D eigenvalue weighted by atomic mass is 10.1. The second-order valence-electron chi connectivity index (χ2n) is 5.56. The first-order valence-electron chi connectivity index (χ1n) is 7.79. The van der Waals surface area contributed by atoms with Crippen molar-refractivity contribution in [2.75, 3.05) is 20.8 Å². The average molecular weight is 343 g/mol. The van der Waals surface area contributed by atoms with Crippen molar-refractivity contribution in [1.82, 2.24) is 4.90 Å². The molecular weight excluding hydrogens is 322 g/mol. The van der Waals surface area contributed by atoms with Gasteiger partial charge in [-0.2, -0.15) is 0 Å². The summed E-state index contributed by atoms with van der Waals surface area (Å²) < 4.78 is 10.4. The predicted octanol–water partition coefficient (Wildman–Crippen LogP) is 2.36. The number of likely N-dealkylation sites (N-methyl/N-ethyl adjacent to an activating group) is 1. The molecule has 0 spiro atoms. The number of amides is 1. The molecule has 2 rings (SSSR count). The van der Waals surface area contributed by atoms with Crippen molar-refractivity contribution in [2.24, 2.45) is 0 Å². The van der Waals surface area contributed by atoms with Gasteiger partial charge in [-0.1, -0.05) is 30.3 Å². The smallest absolute Gasteiger partial charge is 0.341 e. The Kier molecular flexibility index (Phi) is 6.39. The van der Waals surface area contributed by atoms with Gasteiger partial charge in [-0.3, -0.25) is 4.79 Å². The molecule has 0 radical (unpaired) electrons. The van der Waals surface area contributed by atoms with E-state index in [9.17, 15) is 9.59 Å². The van der Waals surface area contributed by atoms with Crippen LogP contribution in [0.2, 0.25) is 0 Å². The first-order chi connectivity index (χ1) is 12.0. The summed E-state index contributed by atoms with van der Waals surface area (Å²) in [5, 5.41) is 8.59. The van der Waals surface area contributed by atoms with Crippen molar-refractivity contribution >= 4 is 11.9 Å². The van der Waals surface area contributed by atoms with Crippen molar-refractivity contribution in [3.05, 3.63) is 59.7 Å². The highest BCUT2D eigenvalue weighted by Gasteiger charge is 2.13. The van der Waals surface area contributed by atoms with Crippen LogP contribution in [0, 0.1) is 0 Å². The number of carboxylic acid groups (broad SMARTS) is 1. The van der Waals surface area contributed by atoms with Gasteiger partial charge in [0.1, 0.15) is 11.5 Å². The van der Waals surface area contributed by atoms with Crippen LogP contribution < -0.4 is 9.47 Å². The number of para-hydroxylation sites is 1. The third-order valence-electron chi connectivity index (χ3n) is 3.67. The van der Waals surface area contributed by atoms with Gasteiger partial charge >= 0.3 is 5.97 Å². The lowest BCUT2D eigenvalue weighted by Crippen LogP contribution is -2.27.